The maximum absolute atomic E-state index is 12.7. The fraction of sp³-hybridized carbons (Fsp3) is 0.625. The van der Waals surface area contributed by atoms with E-state index in [9.17, 15) is 4.79 Å². The molecule has 122 valence electrons. The summed E-state index contributed by atoms with van der Waals surface area (Å²) in [6.45, 7) is 4.44. The largest absolute Gasteiger partial charge is 0.361 e. The molecule has 2 aliphatic rings. The third kappa shape index (κ3) is 2.64. The first kappa shape index (κ1) is 14.4. The van der Waals surface area contributed by atoms with Gasteiger partial charge in [-0.2, -0.15) is 4.98 Å². The second-order valence-electron chi connectivity index (χ2n) is 6.49. The molecule has 1 aliphatic heterocycles. The van der Waals surface area contributed by atoms with Gasteiger partial charge < -0.3 is 13.9 Å². The van der Waals surface area contributed by atoms with Crippen molar-refractivity contribution in [3.05, 3.63) is 28.7 Å². The zero-order valence-electron chi connectivity index (χ0n) is 13.4. The fourth-order valence-electron chi connectivity index (χ4n) is 3.22. The van der Waals surface area contributed by atoms with Crippen LogP contribution < -0.4 is 0 Å². The van der Waals surface area contributed by atoms with Crippen LogP contribution in [-0.2, 0) is 11.2 Å². The van der Waals surface area contributed by atoms with Gasteiger partial charge in [-0.05, 0) is 39.5 Å². The van der Waals surface area contributed by atoms with Crippen molar-refractivity contribution in [2.24, 2.45) is 0 Å². The predicted molar refractivity (Wildman–Crippen MR) is 79.6 cm³/mol. The van der Waals surface area contributed by atoms with Gasteiger partial charge in [-0.15, -0.1) is 0 Å². The zero-order chi connectivity index (χ0) is 16.0. The SMILES string of the molecule is Cc1noc(C)c1CC(=O)N1CCCC1c1noc(C2CC2)n1. The van der Waals surface area contributed by atoms with E-state index in [2.05, 4.69) is 15.3 Å². The highest BCUT2D eigenvalue weighted by molar-refractivity contribution is 5.79. The van der Waals surface area contributed by atoms with Gasteiger partial charge in [0.2, 0.25) is 11.8 Å². The molecule has 1 aliphatic carbocycles. The van der Waals surface area contributed by atoms with Gasteiger partial charge in [0.05, 0.1) is 18.2 Å². The van der Waals surface area contributed by atoms with Crippen LogP contribution in [0.1, 0.15) is 66.4 Å². The zero-order valence-corrected chi connectivity index (χ0v) is 13.4. The summed E-state index contributed by atoms with van der Waals surface area (Å²) >= 11 is 0. The Hall–Kier alpha value is -2.18. The van der Waals surface area contributed by atoms with Crippen LogP contribution in [0.4, 0.5) is 0 Å². The first-order valence-electron chi connectivity index (χ1n) is 8.18. The van der Waals surface area contributed by atoms with Crippen molar-refractivity contribution in [2.75, 3.05) is 6.54 Å². The Kier molecular flexibility index (Phi) is 3.43. The number of carbonyl (C=O) groups excluding carboxylic acids is 1. The second-order valence-corrected chi connectivity index (χ2v) is 6.49. The summed E-state index contributed by atoms with van der Waals surface area (Å²) in [6.07, 6.45) is 4.41. The number of carbonyl (C=O) groups is 1. The topological polar surface area (TPSA) is 85.3 Å². The van der Waals surface area contributed by atoms with Crippen molar-refractivity contribution >= 4 is 5.91 Å². The lowest BCUT2D eigenvalue weighted by Gasteiger charge is -2.22. The van der Waals surface area contributed by atoms with E-state index >= 15 is 0 Å². The highest BCUT2D eigenvalue weighted by Crippen LogP contribution is 2.40. The molecule has 4 rings (SSSR count). The van der Waals surface area contributed by atoms with Crippen LogP contribution in [0.15, 0.2) is 9.05 Å². The molecule has 2 aromatic heterocycles. The number of likely N-dealkylation sites (tertiary alicyclic amines) is 1. The molecule has 2 fully saturated rings. The number of hydrogen-bond acceptors (Lipinski definition) is 6. The standard InChI is InChI=1S/C16H20N4O3/c1-9-12(10(2)22-18-9)8-14(21)20-7-3-4-13(20)15-17-16(23-19-15)11-5-6-11/h11,13H,3-8H2,1-2H3. The maximum Gasteiger partial charge on any atom is 0.229 e. The van der Waals surface area contributed by atoms with Gasteiger partial charge in [0.15, 0.2) is 5.82 Å². The molecule has 2 aromatic rings. The van der Waals surface area contributed by atoms with Gasteiger partial charge >= 0.3 is 0 Å². The Balaban J connectivity index is 1.51. The van der Waals surface area contributed by atoms with Crippen LogP contribution in [0.25, 0.3) is 0 Å². The lowest BCUT2D eigenvalue weighted by molar-refractivity contribution is -0.131. The molecular weight excluding hydrogens is 296 g/mol. The number of amides is 1. The van der Waals surface area contributed by atoms with Crippen molar-refractivity contribution in [2.45, 2.75) is 57.9 Å². The van der Waals surface area contributed by atoms with Crippen LogP contribution >= 0.6 is 0 Å². The lowest BCUT2D eigenvalue weighted by Crippen LogP contribution is -2.32. The van der Waals surface area contributed by atoms with Crippen LogP contribution in [0, 0.1) is 13.8 Å². The average Bonchev–Trinajstić information content (AvgIpc) is 2.97. The molecule has 0 N–H and O–H groups in total. The van der Waals surface area contributed by atoms with Gasteiger partial charge in [0.25, 0.3) is 0 Å². The van der Waals surface area contributed by atoms with Crippen LogP contribution in [0.5, 0.6) is 0 Å². The summed E-state index contributed by atoms with van der Waals surface area (Å²) in [5.41, 5.74) is 1.66. The molecule has 23 heavy (non-hydrogen) atoms. The molecule has 7 heteroatoms. The van der Waals surface area contributed by atoms with Crippen LogP contribution in [0.3, 0.4) is 0 Å². The monoisotopic (exact) mass is 316 g/mol. The van der Waals surface area contributed by atoms with Crippen molar-refractivity contribution in [1.82, 2.24) is 20.2 Å². The molecule has 1 atom stereocenters. The molecular formula is C16H20N4O3. The van der Waals surface area contributed by atoms with E-state index in [4.69, 9.17) is 9.05 Å². The molecule has 1 unspecified atom stereocenters. The Morgan fingerprint density at radius 3 is 2.74 bits per heavy atom. The van der Waals surface area contributed by atoms with Gasteiger partial charge in [0, 0.05) is 18.0 Å². The third-order valence-corrected chi connectivity index (χ3v) is 4.76. The van der Waals surface area contributed by atoms with E-state index in [-0.39, 0.29) is 11.9 Å². The minimum absolute atomic E-state index is 0.0691. The summed E-state index contributed by atoms with van der Waals surface area (Å²) in [5.74, 6) is 2.59. The second kappa shape index (κ2) is 5.47. The average molecular weight is 316 g/mol. The number of hydrogen-bond donors (Lipinski definition) is 0. The van der Waals surface area contributed by atoms with Gasteiger partial charge in [-0.25, -0.2) is 0 Å². The fourth-order valence-corrected chi connectivity index (χ4v) is 3.22. The van der Waals surface area contributed by atoms with Crippen molar-refractivity contribution in [1.29, 1.82) is 0 Å². The van der Waals surface area contributed by atoms with Crippen molar-refractivity contribution in [3.8, 4) is 0 Å². The van der Waals surface area contributed by atoms with Crippen LogP contribution in [-0.4, -0.2) is 32.6 Å². The van der Waals surface area contributed by atoms with Crippen molar-refractivity contribution in [3.63, 3.8) is 0 Å². The Labute approximate surface area is 134 Å². The molecule has 1 amide bonds. The summed E-state index contributed by atoms with van der Waals surface area (Å²) in [4.78, 5) is 19.1. The Morgan fingerprint density at radius 1 is 1.22 bits per heavy atom. The van der Waals surface area contributed by atoms with Crippen LogP contribution in [0.2, 0.25) is 0 Å². The molecule has 3 heterocycles. The molecule has 0 bridgehead atoms. The molecule has 1 saturated heterocycles. The smallest absolute Gasteiger partial charge is 0.229 e. The summed E-state index contributed by atoms with van der Waals surface area (Å²) < 4.78 is 10.5. The summed E-state index contributed by atoms with van der Waals surface area (Å²) in [5, 5.41) is 8.03. The number of aryl methyl sites for hydroxylation is 2. The van der Waals surface area contributed by atoms with Gasteiger partial charge in [0.1, 0.15) is 5.76 Å². The first-order chi connectivity index (χ1) is 11.1. The Morgan fingerprint density at radius 2 is 2.04 bits per heavy atom. The Bertz CT molecular complexity index is 712. The number of aromatic nitrogens is 3. The third-order valence-electron chi connectivity index (χ3n) is 4.76. The van der Waals surface area contributed by atoms with Crippen molar-refractivity contribution < 1.29 is 13.8 Å². The maximum atomic E-state index is 12.7. The molecule has 0 aromatic carbocycles. The quantitative estimate of drug-likeness (QED) is 0.861. The molecule has 0 spiro atoms. The molecule has 1 saturated carbocycles. The first-order valence-corrected chi connectivity index (χ1v) is 8.18. The number of rotatable bonds is 4. The van der Waals surface area contributed by atoms with E-state index in [1.807, 2.05) is 18.7 Å². The van der Waals surface area contributed by atoms with E-state index in [0.29, 0.717) is 23.9 Å². The minimum atomic E-state index is -0.0702. The van der Waals surface area contributed by atoms with E-state index in [1.165, 1.54) is 0 Å². The normalized spacial score (nSPS) is 21.1. The van der Waals surface area contributed by atoms with E-state index < -0.39 is 0 Å². The predicted octanol–water partition coefficient (Wildman–Crippen LogP) is 2.46. The van der Waals surface area contributed by atoms with E-state index in [1.54, 1.807) is 0 Å². The molecule has 0 radical (unpaired) electrons. The van der Waals surface area contributed by atoms with E-state index in [0.717, 1.165) is 49.4 Å². The minimum Gasteiger partial charge on any atom is -0.361 e. The molecule has 7 nitrogen and oxygen atoms in total. The highest BCUT2D eigenvalue weighted by Gasteiger charge is 2.36. The summed E-state index contributed by atoms with van der Waals surface area (Å²) in [6, 6.07) is -0.0702. The lowest BCUT2D eigenvalue weighted by atomic mass is 10.1. The summed E-state index contributed by atoms with van der Waals surface area (Å²) in [7, 11) is 0. The van der Waals surface area contributed by atoms with Gasteiger partial charge in [-0.1, -0.05) is 10.3 Å². The highest BCUT2D eigenvalue weighted by atomic mass is 16.5. The van der Waals surface area contributed by atoms with Gasteiger partial charge in [-0.3, -0.25) is 4.79 Å². The number of nitrogens with zero attached hydrogens (tertiary/aromatic N) is 4.